The number of nitrogens with zero attached hydrogens (tertiary/aromatic N) is 1. The minimum absolute atomic E-state index is 0.0479. The molecule has 0 saturated heterocycles. The van der Waals surface area contributed by atoms with E-state index in [1.54, 1.807) is 6.20 Å². The van der Waals surface area contributed by atoms with Crippen LogP contribution in [0.3, 0.4) is 0 Å². The van der Waals surface area contributed by atoms with Crippen LogP contribution in [0.2, 0.25) is 0 Å². The molecule has 2 saturated carbocycles. The summed E-state index contributed by atoms with van der Waals surface area (Å²) < 4.78 is 0. The first-order valence-electron chi connectivity index (χ1n) is 8.08. The second kappa shape index (κ2) is 6.82. The van der Waals surface area contributed by atoms with Crippen molar-refractivity contribution in [2.45, 2.75) is 56.0 Å². The summed E-state index contributed by atoms with van der Waals surface area (Å²) in [6, 6.07) is 4.07. The fourth-order valence-electron chi connectivity index (χ4n) is 3.99. The Morgan fingerprint density at radius 3 is 2.86 bits per heavy atom. The average Bonchev–Trinajstić information content (AvgIpc) is 2.54. The molecule has 114 valence electrons. The topological polar surface area (TPSA) is 42.0 Å². The van der Waals surface area contributed by atoms with Crippen molar-refractivity contribution in [3.05, 3.63) is 23.9 Å². The number of hydrogen-bond acceptors (Lipinski definition) is 3. The molecule has 0 spiro atoms. The Balaban J connectivity index is 1.62. The first kappa shape index (κ1) is 14.9. The van der Waals surface area contributed by atoms with Gasteiger partial charge in [-0.25, -0.2) is 4.98 Å². The first-order chi connectivity index (χ1) is 10.3. The third-order valence-electron chi connectivity index (χ3n) is 5.08. The fourth-order valence-corrected chi connectivity index (χ4v) is 4.54. The van der Waals surface area contributed by atoms with Crippen molar-refractivity contribution in [3.63, 3.8) is 0 Å². The van der Waals surface area contributed by atoms with Gasteiger partial charge in [0.2, 0.25) is 0 Å². The molecular weight excluding hydrogens is 280 g/mol. The predicted octanol–water partition coefficient (Wildman–Crippen LogP) is 3.89. The van der Waals surface area contributed by atoms with Gasteiger partial charge >= 0.3 is 0 Å². The normalized spacial score (nSPS) is 28.7. The van der Waals surface area contributed by atoms with Crippen molar-refractivity contribution in [3.8, 4) is 0 Å². The Morgan fingerprint density at radius 1 is 1.24 bits per heavy atom. The summed E-state index contributed by atoms with van der Waals surface area (Å²) in [7, 11) is 0. The maximum Gasteiger partial charge on any atom is 0.254 e. The molecule has 2 aliphatic carbocycles. The van der Waals surface area contributed by atoms with E-state index in [1.807, 2.05) is 18.4 Å². The van der Waals surface area contributed by atoms with Crippen LogP contribution in [0.15, 0.2) is 23.4 Å². The van der Waals surface area contributed by atoms with Crippen molar-refractivity contribution in [2.24, 2.45) is 11.8 Å². The quantitative estimate of drug-likeness (QED) is 0.861. The van der Waals surface area contributed by atoms with Gasteiger partial charge in [0, 0.05) is 12.2 Å². The summed E-state index contributed by atoms with van der Waals surface area (Å²) >= 11 is 1.53. The second-order valence-electron chi connectivity index (χ2n) is 6.35. The fraction of sp³-hybridized carbons (Fsp3) is 0.647. The van der Waals surface area contributed by atoms with Gasteiger partial charge in [0.05, 0.1) is 5.56 Å². The Kier molecular flexibility index (Phi) is 4.84. The number of nitrogens with one attached hydrogen (secondary N) is 1. The van der Waals surface area contributed by atoms with Crippen LogP contribution >= 0.6 is 11.8 Å². The zero-order valence-corrected chi connectivity index (χ0v) is 13.5. The molecule has 1 heterocycles. The number of fused-ring (bicyclic) bond motifs is 1. The van der Waals surface area contributed by atoms with Crippen molar-refractivity contribution < 1.29 is 4.79 Å². The highest BCUT2D eigenvalue weighted by Gasteiger charge is 2.32. The molecule has 3 atom stereocenters. The molecule has 1 aromatic heterocycles. The maximum atomic E-state index is 12.5. The molecule has 1 aromatic rings. The molecule has 2 fully saturated rings. The SMILES string of the molecule is CSc1ncccc1C(=O)NC1CCC2CCCCC2C1. The van der Waals surface area contributed by atoms with Gasteiger partial charge in [0.25, 0.3) is 5.91 Å². The minimum Gasteiger partial charge on any atom is -0.349 e. The average molecular weight is 304 g/mol. The van der Waals surface area contributed by atoms with Gasteiger partial charge < -0.3 is 5.32 Å². The molecular formula is C17H24N2OS. The third kappa shape index (κ3) is 3.42. The maximum absolute atomic E-state index is 12.5. The first-order valence-corrected chi connectivity index (χ1v) is 9.30. The highest BCUT2D eigenvalue weighted by Crippen LogP contribution is 2.40. The summed E-state index contributed by atoms with van der Waals surface area (Å²) in [5, 5.41) is 4.07. The molecule has 1 amide bonds. The molecule has 21 heavy (non-hydrogen) atoms. The number of thioether (sulfide) groups is 1. The van der Waals surface area contributed by atoms with Gasteiger partial charge in [-0.05, 0) is 49.5 Å². The van der Waals surface area contributed by atoms with E-state index in [1.165, 1.54) is 50.3 Å². The zero-order chi connectivity index (χ0) is 14.7. The molecule has 4 heteroatoms. The molecule has 3 unspecified atom stereocenters. The van der Waals surface area contributed by atoms with Crippen LogP contribution in [0.4, 0.5) is 0 Å². The van der Waals surface area contributed by atoms with E-state index in [0.717, 1.165) is 28.8 Å². The number of carbonyl (C=O) groups is 1. The standard InChI is InChI=1S/C17H24N2OS/c1-21-17-15(7-4-10-18-17)16(20)19-14-9-8-12-5-2-3-6-13(12)11-14/h4,7,10,12-14H,2-3,5-6,8-9,11H2,1H3,(H,19,20). The Bertz CT molecular complexity index is 505. The summed E-state index contributed by atoms with van der Waals surface area (Å²) in [5.41, 5.74) is 0.718. The smallest absolute Gasteiger partial charge is 0.254 e. The highest BCUT2D eigenvalue weighted by molar-refractivity contribution is 7.98. The van der Waals surface area contributed by atoms with E-state index in [0.29, 0.717) is 6.04 Å². The molecule has 3 rings (SSSR count). The molecule has 0 aromatic carbocycles. The van der Waals surface area contributed by atoms with Crippen LogP contribution in [-0.2, 0) is 0 Å². The lowest BCUT2D eigenvalue weighted by atomic mass is 9.69. The summed E-state index contributed by atoms with van der Waals surface area (Å²) in [4.78, 5) is 16.8. The molecule has 2 aliphatic rings. The van der Waals surface area contributed by atoms with Gasteiger partial charge in [-0.2, -0.15) is 0 Å². The van der Waals surface area contributed by atoms with E-state index in [9.17, 15) is 4.79 Å². The lowest BCUT2D eigenvalue weighted by molar-refractivity contribution is 0.0876. The van der Waals surface area contributed by atoms with E-state index >= 15 is 0 Å². The summed E-state index contributed by atoms with van der Waals surface area (Å²) in [6.45, 7) is 0. The number of carbonyl (C=O) groups excluding carboxylic acids is 1. The molecule has 0 radical (unpaired) electrons. The van der Waals surface area contributed by atoms with E-state index in [-0.39, 0.29) is 5.91 Å². The Labute approximate surface area is 131 Å². The van der Waals surface area contributed by atoms with Crippen LogP contribution < -0.4 is 5.32 Å². The molecule has 1 N–H and O–H groups in total. The number of aromatic nitrogens is 1. The summed E-state index contributed by atoms with van der Waals surface area (Å²) in [6.07, 6.45) is 12.9. The van der Waals surface area contributed by atoms with Crippen LogP contribution in [0.25, 0.3) is 0 Å². The second-order valence-corrected chi connectivity index (χ2v) is 7.14. The van der Waals surface area contributed by atoms with Gasteiger partial charge in [0.1, 0.15) is 5.03 Å². The van der Waals surface area contributed by atoms with Crippen LogP contribution in [0.1, 0.15) is 55.3 Å². The summed E-state index contributed by atoms with van der Waals surface area (Å²) in [5.74, 6) is 1.81. The van der Waals surface area contributed by atoms with Crippen LogP contribution in [0.5, 0.6) is 0 Å². The van der Waals surface area contributed by atoms with E-state index in [2.05, 4.69) is 10.3 Å². The third-order valence-corrected chi connectivity index (χ3v) is 5.80. The number of pyridine rings is 1. The molecule has 3 nitrogen and oxygen atoms in total. The zero-order valence-electron chi connectivity index (χ0n) is 12.7. The lowest BCUT2D eigenvalue weighted by Crippen LogP contribution is -2.41. The Morgan fingerprint density at radius 2 is 2.05 bits per heavy atom. The largest absolute Gasteiger partial charge is 0.349 e. The minimum atomic E-state index is 0.0479. The predicted molar refractivity (Wildman–Crippen MR) is 86.6 cm³/mol. The Hall–Kier alpha value is -1.03. The monoisotopic (exact) mass is 304 g/mol. The van der Waals surface area contributed by atoms with Gasteiger partial charge in [-0.15, -0.1) is 11.8 Å². The highest BCUT2D eigenvalue weighted by atomic mass is 32.2. The number of rotatable bonds is 3. The van der Waals surface area contributed by atoms with Crippen LogP contribution in [-0.4, -0.2) is 23.2 Å². The number of amides is 1. The van der Waals surface area contributed by atoms with E-state index in [4.69, 9.17) is 0 Å². The van der Waals surface area contributed by atoms with Crippen molar-refractivity contribution in [1.82, 2.24) is 10.3 Å². The lowest BCUT2D eigenvalue weighted by Gasteiger charge is -2.39. The number of hydrogen-bond donors (Lipinski definition) is 1. The van der Waals surface area contributed by atoms with Crippen molar-refractivity contribution in [2.75, 3.05) is 6.26 Å². The van der Waals surface area contributed by atoms with Gasteiger partial charge in [-0.1, -0.05) is 25.7 Å². The van der Waals surface area contributed by atoms with Crippen LogP contribution in [0, 0.1) is 11.8 Å². The van der Waals surface area contributed by atoms with Crippen molar-refractivity contribution in [1.29, 1.82) is 0 Å². The van der Waals surface area contributed by atoms with Crippen molar-refractivity contribution >= 4 is 17.7 Å². The van der Waals surface area contributed by atoms with E-state index < -0.39 is 0 Å². The van der Waals surface area contributed by atoms with Gasteiger partial charge in [0.15, 0.2) is 0 Å². The van der Waals surface area contributed by atoms with Gasteiger partial charge in [-0.3, -0.25) is 4.79 Å². The molecule has 0 aliphatic heterocycles. The molecule has 0 bridgehead atoms.